The minimum absolute atomic E-state index is 0.271. The highest BCUT2D eigenvalue weighted by Gasteiger charge is 2.21. The lowest BCUT2D eigenvalue weighted by Gasteiger charge is -2.20. The van der Waals surface area contributed by atoms with Crippen LogP contribution in [0.5, 0.6) is 0 Å². The van der Waals surface area contributed by atoms with E-state index in [0.717, 1.165) is 10.9 Å². The van der Waals surface area contributed by atoms with E-state index < -0.39 is 8.07 Å². The average molecular weight is 361 g/mol. The molecule has 0 fully saturated rings. The summed E-state index contributed by atoms with van der Waals surface area (Å²) in [5.41, 5.74) is 3.25. The highest BCUT2D eigenvalue weighted by atomic mass is 28.3. The molecule has 0 radical (unpaired) electrons. The van der Waals surface area contributed by atoms with Crippen molar-refractivity contribution < 1.29 is 9.53 Å². The van der Waals surface area contributed by atoms with Crippen LogP contribution in [0.2, 0.25) is 13.1 Å². The van der Waals surface area contributed by atoms with E-state index >= 15 is 0 Å². The minimum Gasteiger partial charge on any atom is -0.453 e. The van der Waals surface area contributed by atoms with Crippen LogP contribution in [0.15, 0.2) is 84.6 Å². The molecule has 1 unspecified atom stereocenters. The van der Waals surface area contributed by atoms with E-state index in [2.05, 4.69) is 67.3 Å². The third-order valence-electron chi connectivity index (χ3n) is 4.60. The summed E-state index contributed by atoms with van der Waals surface area (Å²) in [6.45, 7) is 6.05. The summed E-state index contributed by atoms with van der Waals surface area (Å²) in [4.78, 5) is 11.6. The van der Waals surface area contributed by atoms with Gasteiger partial charge in [0.2, 0.25) is 0 Å². The van der Waals surface area contributed by atoms with Crippen LogP contribution in [0.4, 0.5) is 0 Å². The van der Waals surface area contributed by atoms with E-state index in [9.17, 15) is 4.79 Å². The maximum atomic E-state index is 11.6. The normalized spacial score (nSPS) is 13.0. The quantitative estimate of drug-likeness (QED) is 0.464. The number of fused-ring (bicyclic) bond motifs is 1. The molecule has 1 atom stereocenters. The Morgan fingerprint density at radius 1 is 0.923 bits per heavy atom. The van der Waals surface area contributed by atoms with Gasteiger partial charge in [-0.3, -0.25) is 4.79 Å². The van der Waals surface area contributed by atoms with Gasteiger partial charge in [0.15, 0.2) is 0 Å². The van der Waals surface area contributed by atoms with Crippen LogP contribution >= 0.6 is 0 Å². The molecule has 0 aliphatic heterocycles. The molecule has 0 bridgehead atoms. The number of benzene rings is 3. The van der Waals surface area contributed by atoms with Crippen LogP contribution in [0.1, 0.15) is 18.6 Å². The molecule has 0 heterocycles. The number of hydrogen-bond acceptors (Lipinski definition) is 2. The van der Waals surface area contributed by atoms with E-state index in [0.29, 0.717) is 0 Å². The van der Waals surface area contributed by atoms with Gasteiger partial charge in [0.05, 0.1) is 0 Å². The number of ether oxygens (including phenoxy) is 1. The monoisotopic (exact) mass is 360 g/mol. The van der Waals surface area contributed by atoms with Gasteiger partial charge in [-0.05, 0) is 28.5 Å². The summed E-state index contributed by atoms with van der Waals surface area (Å²) in [6, 6.07) is 25.0. The van der Waals surface area contributed by atoms with Crippen LogP contribution < -0.4 is 5.19 Å². The number of carbonyl (C=O) groups is 1. The molecule has 0 aromatic heterocycles. The first kappa shape index (κ1) is 18.1. The first-order valence-corrected chi connectivity index (χ1v) is 11.9. The van der Waals surface area contributed by atoms with Crippen molar-refractivity contribution in [3.05, 3.63) is 90.1 Å². The van der Waals surface area contributed by atoms with Gasteiger partial charge in [-0.2, -0.15) is 0 Å². The third kappa shape index (κ3) is 4.30. The molecule has 0 spiro atoms. The minimum atomic E-state index is -1.75. The lowest BCUT2D eigenvalue weighted by molar-refractivity contribution is -0.144. The number of carbonyl (C=O) groups excluding carboxylic acids is 1. The molecule has 0 saturated carbocycles. The molecule has 132 valence electrons. The Hall–Kier alpha value is -2.65. The lowest BCUT2D eigenvalue weighted by Crippen LogP contribution is -2.39. The van der Waals surface area contributed by atoms with Crippen molar-refractivity contribution in [3.8, 4) is 0 Å². The number of hydrogen-bond donors (Lipinski definition) is 0. The van der Waals surface area contributed by atoms with Gasteiger partial charge in [0.25, 0.3) is 0 Å². The van der Waals surface area contributed by atoms with Gasteiger partial charge in [0, 0.05) is 6.92 Å². The van der Waals surface area contributed by atoms with Crippen molar-refractivity contribution in [2.45, 2.75) is 26.1 Å². The second-order valence-corrected chi connectivity index (χ2v) is 11.4. The van der Waals surface area contributed by atoms with Crippen molar-refractivity contribution in [1.82, 2.24) is 0 Å². The predicted molar refractivity (Wildman–Crippen MR) is 111 cm³/mol. The second-order valence-electron chi connectivity index (χ2n) is 7.08. The molecule has 3 heteroatoms. The van der Waals surface area contributed by atoms with Gasteiger partial charge in [0.1, 0.15) is 14.2 Å². The van der Waals surface area contributed by atoms with Crippen LogP contribution in [0, 0.1) is 0 Å². The molecule has 0 amide bonds. The summed E-state index contributed by atoms with van der Waals surface area (Å²) < 4.78 is 5.61. The number of rotatable bonds is 5. The Bertz CT molecular complexity index is 929. The van der Waals surface area contributed by atoms with Crippen LogP contribution in [-0.2, 0) is 9.53 Å². The molecular formula is C23H24O2Si. The summed E-state index contributed by atoms with van der Waals surface area (Å²) in [6.07, 6.45) is 1.68. The maximum Gasteiger partial charge on any atom is 0.303 e. The summed E-state index contributed by atoms with van der Waals surface area (Å²) in [7, 11) is -1.75. The van der Waals surface area contributed by atoms with E-state index in [1.807, 2.05) is 30.3 Å². The largest absolute Gasteiger partial charge is 0.453 e. The molecule has 2 nitrogen and oxygen atoms in total. The topological polar surface area (TPSA) is 26.3 Å². The van der Waals surface area contributed by atoms with Crippen LogP contribution in [-0.4, -0.2) is 14.0 Å². The van der Waals surface area contributed by atoms with Crippen molar-refractivity contribution in [1.29, 1.82) is 0 Å². The van der Waals surface area contributed by atoms with E-state index in [1.54, 1.807) is 0 Å². The highest BCUT2D eigenvalue weighted by molar-refractivity contribution is 6.93. The molecule has 0 N–H and O–H groups in total. The van der Waals surface area contributed by atoms with Gasteiger partial charge in [-0.1, -0.05) is 90.7 Å². The third-order valence-corrected chi connectivity index (χ3v) is 7.45. The Kier molecular flexibility index (Phi) is 5.38. The highest BCUT2D eigenvalue weighted by Crippen LogP contribution is 2.25. The molecule has 3 aromatic rings. The van der Waals surface area contributed by atoms with E-state index in [4.69, 9.17) is 4.74 Å². The predicted octanol–water partition coefficient (Wildman–Crippen LogP) is 5.16. The standard InChI is InChI=1S/C23H24O2Si/c1-18(24)25-23(15-16-26(2,3)22-11-5-4-6-12-22)21-14-13-19-9-7-8-10-20(19)17-21/h4-17,23H,1-3H3/b16-15+. The lowest BCUT2D eigenvalue weighted by atomic mass is 10.0. The van der Waals surface area contributed by atoms with E-state index in [-0.39, 0.29) is 12.1 Å². The Labute approximate surface area is 156 Å². The van der Waals surface area contributed by atoms with Gasteiger partial charge < -0.3 is 4.74 Å². The fourth-order valence-corrected chi connectivity index (χ4v) is 4.97. The summed E-state index contributed by atoms with van der Waals surface area (Å²) >= 11 is 0. The summed E-state index contributed by atoms with van der Waals surface area (Å²) in [5, 5.41) is 3.69. The van der Waals surface area contributed by atoms with Crippen molar-refractivity contribution in [2.75, 3.05) is 0 Å². The molecular weight excluding hydrogens is 336 g/mol. The molecule has 0 aliphatic carbocycles. The summed E-state index contributed by atoms with van der Waals surface area (Å²) in [5.74, 6) is -0.271. The zero-order valence-electron chi connectivity index (χ0n) is 15.5. The van der Waals surface area contributed by atoms with Gasteiger partial charge >= 0.3 is 5.97 Å². The fourth-order valence-electron chi connectivity index (χ4n) is 3.07. The van der Waals surface area contributed by atoms with Gasteiger partial charge in [-0.15, -0.1) is 0 Å². The van der Waals surface area contributed by atoms with Crippen LogP contribution in [0.25, 0.3) is 10.8 Å². The Morgan fingerprint density at radius 2 is 1.58 bits per heavy atom. The maximum absolute atomic E-state index is 11.6. The first-order chi connectivity index (χ1) is 12.5. The average Bonchev–Trinajstić information content (AvgIpc) is 2.65. The fraction of sp³-hybridized carbons (Fsp3) is 0.174. The smallest absolute Gasteiger partial charge is 0.303 e. The van der Waals surface area contributed by atoms with Crippen molar-refractivity contribution >= 4 is 30.0 Å². The second kappa shape index (κ2) is 7.71. The molecule has 26 heavy (non-hydrogen) atoms. The Balaban J connectivity index is 1.93. The van der Waals surface area contributed by atoms with Crippen LogP contribution in [0.3, 0.4) is 0 Å². The number of esters is 1. The zero-order chi connectivity index (χ0) is 18.6. The molecule has 3 aromatic carbocycles. The zero-order valence-corrected chi connectivity index (χ0v) is 16.5. The van der Waals surface area contributed by atoms with Crippen molar-refractivity contribution in [3.63, 3.8) is 0 Å². The molecule has 0 saturated heterocycles. The van der Waals surface area contributed by atoms with Gasteiger partial charge in [-0.25, -0.2) is 0 Å². The molecule has 3 rings (SSSR count). The SMILES string of the molecule is CC(=O)OC(/C=C/[Si](C)(C)c1ccccc1)c1ccc2ccccc2c1. The first-order valence-electron chi connectivity index (χ1n) is 8.86. The Morgan fingerprint density at radius 3 is 2.27 bits per heavy atom. The van der Waals surface area contributed by atoms with E-state index in [1.165, 1.54) is 17.5 Å². The van der Waals surface area contributed by atoms with Crippen molar-refractivity contribution in [2.24, 2.45) is 0 Å². The molecule has 0 aliphatic rings.